The monoisotopic (exact) mass is 434 g/mol. The standard InChI is InChI=1S/C25H31FN6/c1-29-16-25(17-29)7-6-19(13-25)31-8-10-32(11-9-31)23-12-18(26)14-27-24(23)20-4-3-5-22-21(20)15-30(2)28-22/h3-5,12,14-15,19H,6-11,13,16-17H2,1-2H3. The minimum absolute atomic E-state index is 0.281. The zero-order valence-electron chi connectivity index (χ0n) is 19.0. The minimum Gasteiger partial charge on any atom is -0.367 e. The van der Waals surface area contributed by atoms with Crippen molar-refractivity contribution in [3.63, 3.8) is 0 Å². The van der Waals surface area contributed by atoms with Crippen molar-refractivity contribution >= 4 is 16.6 Å². The summed E-state index contributed by atoms with van der Waals surface area (Å²) in [6.45, 7) is 6.41. The summed E-state index contributed by atoms with van der Waals surface area (Å²) >= 11 is 0. The number of piperazine rings is 1. The molecule has 7 heteroatoms. The summed E-state index contributed by atoms with van der Waals surface area (Å²) in [5, 5.41) is 5.58. The van der Waals surface area contributed by atoms with Crippen LogP contribution in [0.1, 0.15) is 19.3 Å². The van der Waals surface area contributed by atoms with E-state index in [9.17, 15) is 4.39 Å². The van der Waals surface area contributed by atoms with E-state index in [1.165, 1.54) is 38.5 Å². The molecule has 3 aromatic rings. The van der Waals surface area contributed by atoms with Gasteiger partial charge >= 0.3 is 0 Å². The number of hydrogen-bond donors (Lipinski definition) is 0. The third-order valence-corrected chi connectivity index (χ3v) is 7.81. The molecule has 1 spiro atoms. The summed E-state index contributed by atoms with van der Waals surface area (Å²) in [4.78, 5) is 12.0. The number of aromatic nitrogens is 3. The van der Waals surface area contributed by atoms with Gasteiger partial charge in [0.15, 0.2) is 0 Å². The van der Waals surface area contributed by atoms with Crippen LogP contribution >= 0.6 is 0 Å². The quantitative estimate of drug-likeness (QED) is 0.632. The number of hydrogen-bond acceptors (Lipinski definition) is 5. The molecule has 0 radical (unpaired) electrons. The Hall–Kier alpha value is -2.51. The fourth-order valence-electron chi connectivity index (χ4n) is 6.45. The summed E-state index contributed by atoms with van der Waals surface area (Å²) < 4.78 is 16.1. The summed E-state index contributed by atoms with van der Waals surface area (Å²) in [6.07, 6.45) is 7.38. The zero-order chi connectivity index (χ0) is 21.9. The molecule has 1 unspecified atom stereocenters. The Bertz CT molecular complexity index is 1140. The van der Waals surface area contributed by atoms with E-state index in [0.29, 0.717) is 11.5 Å². The van der Waals surface area contributed by atoms with Crippen molar-refractivity contribution in [1.82, 2.24) is 24.6 Å². The molecule has 6 nitrogen and oxygen atoms in total. The van der Waals surface area contributed by atoms with Gasteiger partial charge in [-0.1, -0.05) is 12.1 Å². The number of nitrogens with zero attached hydrogens (tertiary/aromatic N) is 6. The van der Waals surface area contributed by atoms with Crippen molar-refractivity contribution < 1.29 is 4.39 Å². The third kappa shape index (κ3) is 3.39. The molecule has 2 aliphatic heterocycles. The number of fused-ring (bicyclic) bond motifs is 1. The van der Waals surface area contributed by atoms with Gasteiger partial charge in [-0.3, -0.25) is 14.6 Å². The molecule has 1 aliphatic carbocycles. The Balaban J connectivity index is 1.23. The van der Waals surface area contributed by atoms with Gasteiger partial charge in [-0.2, -0.15) is 5.10 Å². The molecular formula is C25H31FN6. The van der Waals surface area contributed by atoms with Crippen molar-refractivity contribution in [3.8, 4) is 11.3 Å². The van der Waals surface area contributed by atoms with Crippen molar-refractivity contribution in [2.75, 3.05) is 51.2 Å². The van der Waals surface area contributed by atoms with Gasteiger partial charge in [0.05, 0.1) is 23.1 Å². The molecule has 0 N–H and O–H groups in total. The maximum Gasteiger partial charge on any atom is 0.143 e. The van der Waals surface area contributed by atoms with Crippen LogP contribution in [0, 0.1) is 11.2 Å². The largest absolute Gasteiger partial charge is 0.367 e. The highest BCUT2D eigenvalue weighted by Gasteiger charge is 2.48. The Morgan fingerprint density at radius 3 is 2.69 bits per heavy atom. The second-order valence-corrected chi connectivity index (χ2v) is 10.2. The highest BCUT2D eigenvalue weighted by Crippen LogP contribution is 2.46. The molecule has 1 atom stereocenters. The maximum absolute atomic E-state index is 14.3. The van der Waals surface area contributed by atoms with Crippen molar-refractivity contribution in [1.29, 1.82) is 0 Å². The molecule has 3 aliphatic rings. The Morgan fingerprint density at radius 2 is 1.91 bits per heavy atom. The molecule has 6 rings (SSSR count). The molecule has 1 saturated carbocycles. The van der Waals surface area contributed by atoms with Crippen LogP contribution in [0.2, 0.25) is 0 Å². The van der Waals surface area contributed by atoms with Crippen LogP contribution in [-0.2, 0) is 7.05 Å². The molecule has 3 fully saturated rings. The lowest BCUT2D eigenvalue weighted by molar-refractivity contribution is 0.0204. The van der Waals surface area contributed by atoms with Crippen LogP contribution in [0.5, 0.6) is 0 Å². The van der Waals surface area contributed by atoms with E-state index in [2.05, 4.69) is 37.9 Å². The summed E-state index contributed by atoms with van der Waals surface area (Å²) in [5.41, 5.74) is 4.27. The maximum atomic E-state index is 14.3. The van der Waals surface area contributed by atoms with Crippen LogP contribution < -0.4 is 4.90 Å². The molecule has 0 bridgehead atoms. The molecular weight excluding hydrogens is 403 g/mol. The van der Waals surface area contributed by atoms with E-state index >= 15 is 0 Å². The fraction of sp³-hybridized carbons (Fsp3) is 0.520. The first-order valence-electron chi connectivity index (χ1n) is 11.8. The summed E-state index contributed by atoms with van der Waals surface area (Å²) in [7, 11) is 4.16. The molecule has 1 aromatic carbocycles. The SMILES string of the molecule is CN1CC2(CCC(N3CCN(c4cc(F)cnc4-c4cccc5nn(C)cc45)CC3)C2)C1. The number of aryl methyl sites for hydroxylation is 1. The van der Waals surface area contributed by atoms with E-state index in [1.807, 2.05) is 30.1 Å². The van der Waals surface area contributed by atoms with Crippen molar-refractivity contribution in [2.45, 2.75) is 25.3 Å². The summed E-state index contributed by atoms with van der Waals surface area (Å²) in [5.74, 6) is -0.281. The average molecular weight is 435 g/mol. The Labute approximate surface area is 188 Å². The van der Waals surface area contributed by atoms with Gasteiger partial charge in [0.25, 0.3) is 0 Å². The highest BCUT2D eigenvalue weighted by atomic mass is 19.1. The lowest BCUT2D eigenvalue weighted by Crippen LogP contribution is -2.54. The number of pyridine rings is 1. The Kier molecular flexibility index (Phi) is 4.73. The van der Waals surface area contributed by atoms with Crippen LogP contribution in [0.4, 0.5) is 10.1 Å². The van der Waals surface area contributed by atoms with Gasteiger partial charge in [0.1, 0.15) is 5.82 Å². The second kappa shape index (κ2) is 7.52. The first-order chi connectivity index (χ1) is 15.5. The first kappa shape index (κ1) is 20.1. The molecule has 0 amide bonds. The molecule has 4 heterocycles. The number of likely N-dealkylation sites (tertiary alicyclic amines) is 1. The fourth-order valence-corrected chi connectivity index (χ4v) is 6.45. The van der Waals surface area contributed by atoms with E-state index in [-0.39, 0.29) is 5.82 Å². The topological polar surface area (TPSA) is 40.4 Å². The van der Waals surface area contributed by atoms with Gasteiger partial charge in [-0.05, 0) is 37.8 Å². The number of anilines is 1. The van der Waals surface area contributed by atoms with Crippen LogP contribution in [0.15, 0.2) is 36.7 Å². The predicted octanol–water partition coefficient (Wildman–Crippen LogP) is 3.38. The molecule has 168 valence electrons. The molecule has 2 aromatic heterocycles. The van der Waals surface area contributed by atoms with E-state index in [0.717, 1.165) is 54.0 Å². The lowest BCUT2D eigenvalue weighted by atomic mass is 9.78. The number of benzene rings is 1. The lowest BCUT2D eigenvalue weighted by Gasteiger charge is -2.47. The molecule has 32 heavy (non-hydrogen) atoms. The zero-order valence-corrected chi connectivity index (χ0v) is 19.0. The van der Waals surface area contributed by atoms with Crippen LogP contribution in [-0.4, -0.2) is 76.9 Å². The van der Waals surface area contributed by atoms with Gasteiger partial charge < -0.3 is 9.80 Å². The smallest absolute Gasteiger partial charge is 0.143 e. The van der Waals surface area contributed by atoms with Crippen molar-refractivity contribution in [2.24, 2.45) is 12.5 Å². The number of halogens is 1. The van der Waals surface area contributed by atoms with Gasteiger partial charge in [0.2, 0.25) is 0 Å². The van der Waals surface area contributed by atoms with Gasteiger partial charge in [-0.25, -0.2) is 4.39 Å². The van der Waals surface area contributed by atoms with E-state index in [4.69, 9.17) is 0 Å². The predicted molar refractivity (Wildman–Crippen MR) is 125 cm³/mol. The highest BCUT2D eigenvalue weighted by molar-refractivity contribution is 5.96. The normalized spacial score (nSPS) is 23.8. The summed E-state index contributed by atoms with van der Waals surface area (Å²) in [6, 6.07) is 8.44. The number of rotatable bonds is 3. The van der Waals surface area contributed by atoms with Crippen molar-refractivity contribution in [3.05, 3.63) is 42.5 Å². The molecule has 2 saturated heterocycles. The Morgan fingerprint density at radius 1 is 1.09 bits per heavy atom. The van der Waals surface area contributed by atoms with Crippen LogP contribution in [0.25, 0.3) is 22.2 Å². The van der Waals surface area contributed by atoms with Gasteiger partial charge in [0, 0.05) is 75.6 Å². The second-order valence-electron chi connectivity index (χ2n) is 10.2. The minimum atomic E-state index is -0.281. The van der Waals surface area contributed by atoms with E-state index < -0.39 is 0 Å². The van der Waals surface area contributed by atoms with Crippen LogP contribution in [0.3, 0.4) is 0 Å². The van der Waals surface area contributed by atoms with E-state index in [1.54, 1.807) is 6.07 Å². The first-order valence-corrected chi connectivity index (χ1v) is 11.8. The van der Waals surface area contributed by atoms with Gasteiger partial charge in [-0.15, -0.1) is 0 Å². The average Bonchev–Trinajstić information content (AvgIpc) is 3.37. The third-order valence-electron chi connectivity index (χ3n) is 7.81.